The molecule has 14 heavy (non-hydrogen) atoms. The fourth-order valence-electron chi connectivity index (χ4n) is 2.05. The summed E-state index contributed by atoms with van der Waals surface area (Å²) < 4.78 is 5.83. The van der Waals surface area contributed by atoms with Crippen molar-refractivity contribution in [3.63, 3.8) is 0 Å². The van der Waals surface area contributed by atoms with Crippen LogP contribution in [0.25, 0.3) is 0 Å². The molecule has 2 atom stereocenters. The first-order valence-corrected chi connectivity index (χ1v) is 6.67. The Bertz CT molecular complexity index is 180. The average Bonchev–Trinajstić information content (AvgIpc) is 2.61. The lowest BCUT2D eigenvalue weighted by atomic mass is 9.93. The second kappa shape index (κ2) is 4.42. The Hall–Kier alpha value is 0.270. The molecule has 2 nitrogen and oxygen atoms in total. The maximum absolute atomic E-state index is 5.83. The van der Waals surface area contributed by atoms with Gasteiger partial charge in [-0.25, -0.2) is 0 Å². The summed E-state index contributed by atoms with van der Waals surface area (Å²) in [6.45, 7) is 6.50. The molecule has 2 rings (SSSR count). The molecule has 2 aliphatic rings. The van der Waals surface area contributed by atoms with Crippen LogP contribution in [0.5, 0.6) is 0 Å². The average molecular weight is 215 g/mol. The van der Waals surface area contributed by atoms with Gasteiger partial charge in [-0.3, -0.25) is 5.32 Å². The van der Waals surface area contributed by atoms with Crippen LogP contribution in [0.4, 0.5) is 0 Å². The fraction of sp³-hybridized carbons (Fsp3) is 1.00. The molecular formula is C11H21NOS. The Morgan fingerprint density at radius 2 is 2.36 bits per heavy atom. The van der Waals surface area contributed by atoms with Crippen molar-refractivity contribution in [1.29, 1.82) is 0 Å². The van der Waals surface area contributed by atoms with Gasteiger partial charge in [0.1, 0.15) is 6.23 Å². The molecule has 0 aromatic rings. The van der Waals surface area contributed by atoms with E-state index in [4.69, 9.17) is 4.74 Å². The minimum absolute atomic E-state index is 0.318. The lowest BCUT2D eigenvalue weighted by Gasteiger charge is -2.36. The van der Waals surface area contributed by atoms with E-state index in [0.717, 1.165) is 18.4 Å². The molecule has 0 aliphatic carbocycles. The van der Waals surface area contributed by atoms with E-state index in [1.807, 2.05) is 0 Å². The van der Waals surface area contributed by atoms with Gasteiger partial charge >= 0.3 is 0 Å². The molecule has 0 radical (unpaired) electrons. The van der Waals surface area contributed by atoms with E-state index in [1.165, 1.54) is 25.0 Å². The Morgan fingerprint density at radius 1 is 1.50 bits per heavy atom. The summed E-state index contributed by atoms with van der Waals surface area (Å²) in [5.74, 6) is 1.35. The van der Waals surface area contributed by atoms with Crippen LogP contribution in [0.1, 0.15) is 33.1 Å². The molecule has 0 spiro atoms. The summed E-state index contributed by atoms with van der Waals surface area (Å²) in [4.78, 5) is 0. The quantitative estimate of drug-likeness (QED) is 0.763. The van der Waals surface area contributed by atoms with Gasteiger partial charge in [0.2, 0.25) is 0 Å². The van der Waals surface area contributed by atoms with E-state index in [1.54, 1.807) is 0 Å². The molecule has 0 amide bonds. The second-order valence-corrected chi connectivity index (χ2v) is 6.62. The van der Waals surface area contributed by atoms with Crippen molar-refractivity contribution in [3.8, 4) is 0 Å². The number of rotatable bonds is 2. The molecule has 2 fully saturated rings. The number of nitrogens with one attached hydrogen (secondary N) is 1. The van der Waals surface area contributed by atoms with Crippen LogP contribution >= 0.6 is 11.8 Å². The number of ether oxygens (including phenoxy) is 1. The molecular weight excluding hydrogens is 194 g/mol. The minimum Gasteiger partial charge on any atom is -0.363 e. The summed E-state index contributed by atoms with van der Waals surface area (Å²) in [5, 5.41) is 4.34. The lowest BCUT2D eigenvalue weighted by molar-refractivity contribution is -0.0607. The third-order valence-corrected chi connectivity index (χ3v) is 4.41. The first kappa shape index (κ1) is 10.8. The van der Waals surface area contributed by atoms with E-state index in [9.17, 15) is 0 Å². The van der Waals surface area contributed by atoms with E-state index in [2.05, 4.69) is 30.9 Å². The van der Waals surface area contributed by atoms with Gasteiger partial charge in [0.05, 0.1) is 6.61 Å². The van der Waals surface area contributed by atoms with Crippen LogP contribution < -0.4 is 5.32 Å². The SMILES string of the molecule is CC1(C)CNC(CC2CCCS2)OC1. The molecule has 82 valence electrons. The van der Waals surface area contributed by atoms with Crippen LogP contribution in [0.15, 0.2) is 0 Å². The minimum atomic E-state index is 0.318. The molecule has 0 aromatic heterocycles. The zero-order valence-corrected chi connectivity index (χ0v) is 10.0. The van der Waals surface area contributed by atoms with Crippen molar-refractivity contribution in [2.75, 3.05) is 18.9 Å². The highest BCUT2D eigenvalue weighted by molar-refractivity contribution is 8.00. The van der Waals surface area contributed by atoms with Gasteiger partial charge in [0.15, 0.2) is 0 Å². The first-order chi connectivity index (χ1) is 6.66. The maximum atomic E-state index is 5.83. The summed E-state index contributed by atoms with van der Waals surface area (Å²) in [6, 6.07) is 0. The molecule has 2 unspecified atom stereocenters. The van der Waals surface area contributed by atoms with Crippen molar-refractivity contribution in [1.82, 2.24) is 5.32 Å². The number of hydrogen-bond acceptors (Lipinski definition) is 3. The van der Waals surface area contributed by atoms with Gasteiger partial charge in [0, 0.05) is 17.2 Å². The standard InChI is InChI=1S/C11H21NOS/c1-11(2)7-12-10(13-8-11)6-9-4-3-5-14-9/h9-10,12H,3-8H2,1-2H3. The lowest BCUT2D eigenvalue weighted by Crippen LogP contribution is -2.48. The Labute approximate surface area is 91.2 Å². The monoisotopic (exact) mass is 215 g/mol. The van der Waals surface area contributed by atoms with Crippen LogP contribution in [0.2, 0.25) is 0 Å². The molecule has 0 bridgehead atoms. The third kappa shape index (κ3) is 2.88. The van der Waals surface area contributed by atoms with Crippen molar-refractivity contribution in [2.24, 2.45) is 5.41 Å². The van der Waals surface area contributed by atoms with Crippen molar-refractivity contribution >= 4 is 11.8 Å². The smallest absolute Gasteiger partial charge is 0.109 e. The van der Waals surface area contributed by atoms with Gasteiger partial charge < -0.3 is 4.74 Å². The van der Waals surface area contributed by atoms with Gasteiger partial charge in [-0.2, -0.15) is 11.8 Å². The zero-order valence-electron chi connectivity index (χ0n) is 9.21. The summed E-state index contributed by atoms with van der Waals surface area (Å²) in [7, 11) is 0. The summed E-state index contributed by atoms with van der Waals surface area (Å²) in [5.41, 5.74) is 0.319. The van der Waals surface area contributed by atoms with Gasteiger partial charge in [-0.05, 0) is 25.0 Å². The Kier molecular flexibility index (Phi) is 3.40. The molecule has 0 saturated carbocycles. The maximum Gasteiger partial charge on any atom is 0.109 e. The van der Waals surface area contributed by atoms with Gasteiger partial charge in [0.25, 0.3) is 0 Å². The number of hydrogen-bond donors (Lipinski definition) is 1. The van der Waals surface area contributed by atoms with E-state index in [-0.39, 0.29) is 0 Å². The van der Waals surface area contributed by atoms with Gasteiger partial charge in [-0.15, -0.1) is 0 Å². The summed E-state index contributed by atoms with van der Waals surface area (Å²) >= 11 is 2.12. The van der Waals surface area contributed by atoms with E-state index in [0.29, 0.717) is 11.6 Å². The Balaban J connectivity index is 1.72. The topological polar surface area (TPSA) is 21.3 Å². The van der Waals surface area contributed by atoms with Gasteiger partial charge in [-0.1, -0.05) is 13.8 Å². The predicted molar refractivity (Wildman–Crippen MR) is 61.6 cm³/mol. The predicted octanol–water partition coefficient (Wildman–Crippen LogP) is 2.24. The van der Waals surface area contributed by atoms with Crippen molar-refractivity contribution in [2.45, 2.75) is 44.6 Å². The molecule has 2 heterocycles. The highest BCUT2D eigenvalue weighted by Crippen LogP contribution is 2.31. The zero-order chi connectivity index (χ0) is 10.0. The molecule has 2 saturated heterocycles. The van der Waals surface area contributed by atoms with E-state index >= 15 is 0 Å². The third-order valence-electron chi connectivity index (χ3n) is 2.98. The second-order valence-electron chi connectivity index (χ2n) is 5.22. The molecule has 0 aromatic carbocycles. The first-order valence-electron chi connectivity index (χ1n) is 5.62. The van der Waals surface area contributed by atoms with Crippen LogP contribution in [0, 0.1) is 5.41 Å². The summed E-state index contributed by atoms with van der Waals surface area (Å²) in [6.07, 6.45) is 4.29. The van der Waals surface area contributed by atoms with Crippen LogP contribution in [-0.2, 0) is 4.74 Å². The van der Waals surface area contributed by atoms with Crippen molar-refractivity contribution < 1.29 is 4.74 Å². The molecule has 3 heteroatoms. The van der Waals surface area contributed by atoms with Crippen molar-refractivity contribution in [3.05, 3.63) is 0 Å². The highest BCUT2D eigenvalue weighted by Gasteiger charge is 2.29. The molecule has 1 N–H and O–H groups in total. The van der Waals surface area contributed by atoms with Crippen LogP contribution in [-0.4, -0.2) is 30.4 Å². The van der Waals surface area contributed by atoms with Crippen LogP contribution in [0.3, 0.4) is 0 Å². The Morgan fingerprint density at radius 3 is 2.93 bits per heavy atom. The molecule has 2 aliphatic heterocycles. The fourth-order valence-corrected chi connectivity index (χ4v) is 3.36. The normalized spacial score (nSPS) is 37.3. The largest absolute Gasteiger partial charge is 0.363 e. The highest BCUT2D eigenvalue weighted by atomic mass is 32.2. The van der Waals surface area contributed by atoms with E-state index < -0.39 is 0 Å². The number of thioether (sulfide) groups is 1.